The molecule has 3 aromatic carbocycles. The van der Waals surface area contributed by atoms with E-state index in [0.29, 0.717) is 16.9 Å². The molecule has 0 spiro atoms. The third-order valence-corrected chi connectivity index (χ3v) is 4.82. The van der Waals surface area contributed by atoms with Crippen LogP contribution in [0.1, 0.15) is 11.1 Å². The summed E-state index contributed by atoms with van der Waals surface area (Å²) in [5.41, 5.74) is 3.78. The first kappa shape index (κ1) is 15.5. The van der Waals surface area contributed by atoms with Crippen LogP contribution in [0.25, 0.3) is 32.9 Å². The SMILES string of the molecule is COc1cc(-c2ccc3ccccc3c2)cc2oc(=O)c(C)c(C)c12. The highest BCUT2D eigenvalue weighted by Crippen LogP contribution is 2.35. The zero-order chi connectivity index (χ0) is 17.6. The molecule has 0 N–H and O–H groups in total. The highest BCUT2D eigenvalue weighted by atomic mass is 16.5. The first-order valence-electron chi connectivity index (χ1n) is 8.19. The van der Waals surface area contributed by atoms with Gasteiger partial charge in [0, 0.05) is 5.56 Å². The van der Waals surface area contributed by atoms with E-state index in [4.69, 9.17) is 9.15 Å². The molecular formula is C22H18O3. The molecule has 0 bridgehead atoms. The fourth-order valence-electron chi connectivity index (χ4n) is 3.25. The van der Waals surface area contributed by atoms with E-state index in [1.807, 2.05) is 31.2 Å². The van der Waals surface area contributed by atoms with Crippen molar-refractivity contribution in [1.29, 1.82) is 0 Å². The Morgan fingerprint density at radius 3 is 2.36 bits per heavy atom. The van der Waals surface area contributed by atoms with Gasteiger partial charge in [-0.15, -0.1) is 0 Å². The van der Waals surface area contributed by atoms with Crippen LogP contribution in [0, 0.1) is 13.8 Å². The molecule has 0 saturated heterocycles. The van der Waals surface area contributed by atoms with E-state index in [1.54, 1.807) is 14.0 Å². The van der Waals surface area contributed by atoms with Crippen LogP contribution in [-0.2, 0) is 0 Å². The number of rotatable bonds is 2. The van der Waals surface area contributed by atoms with E-state index >= 15 is 0 Å². The van der Waals surface area contributed by atoms with Crippen LogP contribution in [0.5, 0.6) is 5.75 Å². The van der Waals surface area contributed by atoms with E-state index in [2.05, 4.69) is 30.3 Å². The summed E-state index contributed by atoms with van der Waals surface area (Å²) >= 11 is 0. The van der Waals surface area contributed by atoms with Crippen LogP contribution in [0.4, 0.5) is 0 Å². The number of hydrogen-bond donors (Lipinski definition) is 0. The summed E-state index contributed by atoms with van der Waals surface area (Å²) in [4.78, 5) is 12.1. The molecule has 0 aliphatic carbocycles. The number of fused-ring (bicyclic) bond motifs is 2. The average molecular weight is 330 g/mol. The van der Waals surface area contributed by atoms with Crippen molar-refractivity contribution in [2.75, 3.05) is 7.11 Å². The monoisotopic (exact) mass is 330 g/mol. The van der Waals surface area contributed by atoms with Gasteiger partial charge in [-0.1, -0.05) is 36.4 Å². The van der Waals surface area contributed by atoms with Crippen LogP contribution >= 0.6 is 0 Å². The van der Waals surface area contributed by atoms with Crippen molar-refractivity contribution >= 4 is 21.7 Å². The Morgan fingerprint density at radius 1 is 0.840 bits per heavy atom. The molecule has 0 radical (unpaired) electrons. The minimum absolute atomic E-state index is 0.303. The predicted molar refractivity (Wildman–Crippen MR) is 101 cm³/mol. The van der Waals surface area contributed by atoms with Crippen LogP contribution in [0.3, 0.4) is 0 Å². The Morgan fingerprint density at radius 2 is 1.60 bits per heavy atom. The van der Waals surface area contributed by atoms with Gasteiger partial charge in [0.15, 0.2) is 0 Å². The second-order valence-electron chi connectivity index (χ2n) is 6.25. The van der Waals surface area contributed by atoms with Gasteiger partial charge in [0.25, 0.3) is 0 Å². The fourth-order valence-corrected chi connectivity index (χ4v) is 3.25. The molecule has 0 atom stereocenters. The largest absolute Gasteiger partial charge is 0.496 e. The lowest BCUT2D eigenvalue weighted by atomic mass is 9.98. The maximum atomic E-state index is 12.1. The molecule has 3 heteroatoms. The molecule has 0 aliphatic rings. The molecule has 4 rings (SSSR count). The molecule has 0 fully saturated rings. The maximum Gasteiger partial charge on any atom is 0.339 e. The van der Waals surface area contributed by atoms with Gasteiger partial charge in [0.1, 0.15) is 11.3 Å². The third kappa shape index (κ3) is 2.49. The number of aryl methyl sites for hydroxylation is 1. The molecule has 0 aliphatic heterocycles. The first-order chi connectivity index (χ1) is 12.1. The smallest absolute Gasteiger partial charge is 0.339 e. The summed E-state index contributed by atoms with van der Waals surface area (Å²) in [7, 11) is 1.64. The zero-order valence-corrected chi connectivity index (χ0v) is 14.4. The highest BCUT2D eigenvalue weighted by Gasteiger charge is 2.14. The summed E-state index contributed by atoms with van der Waals surface area (Å²) in [6, 6.07) is 18.4. The average Bonchev–Trinajstić information content (AvgIpc) is 2.64. The minimum Gasteiger partial charge on any atom is -0.496 e. The highest BCUT2D eigenvalue weighted by molar-refractivity contribution is 5.93. The standard InChI is InChI=1S/C22H18O3/c1-13-14(2)22(23)25-20-12-18(11-19(24-3)21(13)20)17-9-8-15-6-4-5-7-16(15)10-17/h4-12H,1-3H3. The van der Waals surface area contributed by atoms with Crippen molar-refractivity contribution in [2.24, 2.45) is 0 Å². The van der Waals surface area contributed by atoms with E-state index in [0.717, 1.165) is 22.1 Å². The van der Waals surface area contributed by atoms with E-state index in [9.17, 15) is 4.79 Å². The van der Waals surface area contributed by atoms with Gasteiger partial charge in [-0.25, -0.2) is 4.79 Å². The van der Waals surface area contributed by atoms with Crippen LogP contribution in [0.15, 0.2) is 63.8 Å². The molecule has 3 nitrogen and oxygen atoms in total. The van der Waals surface area contributed by atoms with Gasteiger partial charge in [-0.2, -0.15) is 0 Å². The van der Waals surface area contributed by atoms with Crippen LogP contribution < -0.4 is 10.4 Å². The second kappa shape index (κ2) is 5.78. The van der Waals surface area contributed by atoms with Gasteiger partial charge in [0.05, 0.1) is 12.5 Å². The van der Waals surface area contributed by atoms with Crippen molar-refractivity contribution in [3.8, 4) is 16.9 Å². The Kier molecular flexibility index (Phi) is 3.57. The lowest BCUT2D eigenvalue weighted by Gasteiger charge is -2.12. The van der Waals surface area contributed by atoms with Gasteiger partial charge in [-0.05, 0) is 59.5 Å². The molecule has 0 saturated carbocycles. The predicted octanol–water partition coefficient (Wildman–Crippen LogP) is 5.24. The molecule has 1 heterocycles. The Labute approximate surface area is 145 Å². The van der Waals surface area contributed by atoms with E-state index < -0.39 is 0 Å². The van der Waals surface area contributed by atoms with Gasteiger partial charge in [-0.3, -0.25) is 0 Å². The number of hydrogen-bond acceptors (Lipinski definition) is 3. The summed E-state index contributed by atoms with van der Waals surface area (Å²) in [6.07, 6.45) is 0. The second-order valence-corrected chi connectivity index (χ2v) is 6.25. The number of methoxy groups -OCH3 is 1. The quantitative estimate of drug-likeness (QED) is 0.472. The molecule has 25 heavy (non-hydrogen) atoms. The lowest BCUT2D eigenvalue weighted by molar-refractivity contribution is 0.418. The summed E-state index contributed by atoms with van der Waals surface area (Å²) < 4.78 is 11.1. The summed E-state index contributed by atoms with van der Waals surface area (Å²) in [5.74, 6) is 0.713. The molecular weight excluding hydrogens is 312 g/mol. The molecule has 0 amide bonds. The summed E-state index contributed by atoms with van der Waals surface area (Å²) in [6.45, 7) is 3.70. The van der Waals surface area contributed by atoms with Crippen LogP contribution in [-0.4, -0.2) is 7.11 Å². The Hall–Kier alpha value is -3.07. The van der Waals surface area contributed by atoms with Crippen LogP contribution in [0.2, 0.25) is 0 Å². The van der Waals surface area contributed by atoms with Crippen molar-refractivity contribution < 1.29 is 9.15 Å². The number of ether oxygens (including phenoxy) is 1. The Balaban J connectivity index is 2.01. The third-order valence-electron chi connectivity index (χ3n) is 4.82. The van der Waals surface area contributed by atoms with E-state index in [1.165, 1.54) is 10.8 Å². The van der Waals surface area contributed by atoms with E-state index in [-0.39, 0.29) is 5.63 Å². The molecule has 4 aromatic rings. The van der Waals surface area contributed by atoms with Crippen molar-refractivity contribution in [3.63, 3.8) is 0 Å². The van der Waals surface area contributed by atoms with Gasteiger partial charge in [0.2, 0.25) is 0 Å². The van der Waals surface area contributed by atoms with Crippen molar-refractivity contribution in [3.05, 3.63) is 76.1 Å². The summed E-state index contributed by atoms with van der Waals surface area (Å²) in [5, 5.41) is 3.21. The zero-order valence-electron chi connectivity index (χ0n) is 14.4. The minimum atomic E-state index is -0.303. The normalized spacial score (nSPS) is 11.2. The van der Waals surface area contributed by atoms with Gasteiger partial charge >= 0.3 is 5.63 Å². The maximum absolute atomic E-state index is 12.1. The van der Waals surface area contributed by atoms with Gasteiger partial charge < -0.3 is 9.15 Å². The number of benzene rings is 3. The topological polar surface area (TPSA) is 39.4 Å². The molecule has 0 unspecified atom stereocenters. The fraction of sp³-hybridized carbons (Fsp3) is 0.136. The van der Waals surface area contributed by atoms with Crippen molar-refractivity contribution in [2.45, 2.75) is 13.8 Å². The Bertz CT molecular complexity index is 1170. The molecule has 1 aromatic heterocycles. The molecule has 124 valence electrons. The first-order valence-corrected chi connectivity index (χ1v) is 8.19. The lowest BCUT2D eigenvalue weighted by Crippen LogP contribution is -2.06. The van der Waals surface area contributed by atoms with Crippen molar-refractivity contribution in [1.82, 2.24) is 0 Å².